The Bertz CT molecular complexity index is 798. The monoisotopic (exact) mass is 351 g/mol. The van der Waals surface area contributed by atoms with Gasteiger partial charge in [-0.2, -0.15) is 0 Å². The summed E-state index contributed by atoms with van der Waals surface area (Å²) in [4.78, 5) is 4.51. The number of fused-ring (bicyclic) bond motifs is 1. The molecule has 0 aliphatic rings. The second-order valence-corrected chi connectivity index (χ2v) is 6.28. The number of benzene rings is 1. The average Bonchev–Trinajstić information content (AvgIpc) is 3.06. The highest BCUT2D eigenvalue weighted by Gasteiger charge is 2.13. The molecule has 0 aliphatic heterocycles. The molecule has 0 atom stereocenters. The summed E-state index contributed by atoms with van der Waals surface area (Å²) in [6.45, 7) is 11.8. The molecule has 0 N–H and O–H groups in total. The van der Waals surface area contributed by atoms with Gasteiger partial charge in [-0.05, 0) is 31.1 Å². The van der Waals surface area contributed by atoms with E-state index in [-0.39, 0.29) is 0 Å². The molecular weight excluding hydrogens is 322 g/mol. The van der Waals surface area contributed by atoms with Gasteiger partial charge in [-0.3, -0.25) is 0 Å². The van der Waals surface area contributed by atoms with Crippen molar-refractivity contribution in [3.05, 3.63) is 67.5 Å². The highest BCUT2D eigenvalue weighted by Crippen LogP contribution is 2.19. The van der Waals surface area contributed by atoms with Crippen molar-refractivity contribution in [2.45, 2.75) is 19.8 Å². The minimum Gasteiger partial charge on any atom is -0.364 e. The third-order valence-electron chi connectivity index (χ3n) is 4.04. The number of rotatable bonds is 10. The zero-order chi connectivity index (χ0) is 18.9. The SMILES string of the molecule is C=C/C=C(\C=C(/N(C)C)N(CCC)CCC=C)n1nnc2ccccc21. The lowest BCUT2D eigenvalue weighted by atomic mass is 10.2. The summed E-state index contributed by atoms with van der Waals surface area (Å²) in [7, 11) is 4.13. The van der Waals surface area contributed by atoms with Gasteiger partial charge in [0, 0.05) is 33.3 Å². The van der Waals surface area contributed by atoms with Crippen LogP contribution in [0.3, 0.4) is 0 Å². The minimum atomic E-state index is 0.874. The van der Waals surface area contributed by atoms with E-state index >= 15 is 0 Å². The highest BCUT2D eigenvalue weighted by atomic mass is 15.4. The van der Waals surface area contributed by atoms with Gasteiger partial charge >= 0.3 is 0 Å². The van der Waals surface area contributed by atoms with Crippen LogP contribution in [0.5, 0.6) is 0 Å². The molecule has 26 heavy (non-hydrogen) atoms. The summed E-state index contributed by atoms with van der Waals surface area (Å²) in [5, 5.41) is 8.62. The van der Waals surface area contributed by atoms with Gasteiger partial charge in [0.1, 0.15) is 11.3 Å². The molecule has 0 bridgehead atoms. The third kappa shape index (κ3) is 4.63. The number of para-hydroxylation sites is 1. The van der Waals surface area contributed by atoms with Crippen LogP contribution >= 0.6 is 0 Å². The normalized spacial score (nSPS) is 12.3. The smallest absolute Gasteiger partial charge is 0.113 e. The lowest BCUT2D eigenvalue weighted by Gasteiger charge is -2.31. The van der Waals surface area contributed by atoms with Crippen LogP contribution in [0.4, 0.5) is 0 Å². The van der Waals surface area contributed by atoms with E-state index in [9.17, 15) is 0 Å². The Kier molecular flexibility index (Phi) is 7.21. The van der Waals surface area contributed by atoms with E-state index in [1.165, 1.54) is 0 Å². The zero-order valence-corrected chi connectivity index (χ0v) is 16.1. The molecule has 0 radical (unpaired) electrons. The maximum absolute atomic E-state index is 4.35. The molecule has 1 aromatic heterocycles. The first-order valence-electron chi connectivity index (χ1n) is 9.00. The fourth-order valence-electron chi connectivity index (χ4n) is 2.85. The number of nitrogens with zero attached hydrogens (tertiary/aromatic N) is 5. The van der Waals surface area contributed by atoms with Crippen molar-refractivity contribution in [2.75, 3.05) is 27.2 Å². The molecular formula is C21H29N5. The van der Waals surface area contributed by atoms with Gasteiger partial charge in [-0.1, -0.05) is 43.0 Å². The first-order chi connectivity index (χ1) is 12.6. The van der Waals surface area contributed by atoms with Crippen molar-refractivity contribution >= 4 is 16.7 Å². The van der Waals surface area contributed by atoms with Crippen LogP contribution in [-0.2, 0) is 0 Å². The van der Waals surface area contributed by atoms with Gasteiger partial charge in [0.15, 0.2) is 0 Å². The Labute approximate surface area is 156 Å². The van der Waals surface area contributed by atoms with Crippen molar-refractivity contribution in [1.29, 1.82) is 0 Å². The molecule has 5 heteroatoms. The number of aromatic nitrogens is 3. The van der Waals surface area contributed by atoms with E-state index < -0.39 is 0 Å². The van der Waals surface area contributed by atoms with Gasteiger partial charge in [0.2, 0.25) is 0 Å². The maximum atomic E-state index is 4.35. The molecule has 138 valence electrons. The predicted octanol–water partition coefficient (Wildman–Crippen LogP) is 4.15. The second kappa shape index (κ2) is 9.61. The third-order valence-corrected chi connectivity index (χ3v) is 4.04. The molecule has 2 aromatic rings. The van der Waals surface area contributed by atoms with Crippen molar-refractivity contribution in [2.24, 2.45) is 0 Å². The molecule has 5 nitrogen and oxygen atoms in total. The topological polar surface area (TPSA) is 37.2 Å². The molecule has 1 heterocycles. The Balaban J connectivity index is 2.50. The standard InChI is InChI=1S/C21H29N5/c1-6-9-16-25(15-8-3)21(24(4)5)17-18(12-7-2)26-20-14-11-10-13-19(20)22-23-26/h6-7,10-14,17H,1-2,8-9,15-16H2,3-5H3/b18-12+,21-17+. The van der Waals surface area contributed by atoms with Crippen LogP contribution < -0.4 is 0 Å². The van der Waals surface area contributed by atoms with Gasteiger partial charge < -0.3 is 9.80 Å². The van der Waals surface area contributed by atoms with Gasteiger partial charge in [0.05, 0.1) is 11.2 Å². The summed E-state index contributed by atoms with van der Waals surface area (Å²) in [6, 6.07) is 7.96. The minimum absolute atomic E-state index is 0.874. The molecule has 0 aliphatic carbocycles. The summed E-state index contributed by atoms with van der Waals surface area (Å²) >= 11 is 0. The van der Waals surface area contributed by atoms with Gasteiger partial charge in [-0.25, -0.2) is 4.68 Å². The lowest BCUT2D eigenvalue weighted by molar-refractivity contribution is 0.261. The van der Waals surface area contributed by atoms with E-state index in [2.05, 4.69) is 60.4 Å². The van der Waals surface area contributed by atoms with Crippen LogP contribution in [0, 0.1) is 0 Å². The molecule has 2 rings (SSSR count). The molecule has 1 aromatic carbocycles. The molecule has 0 amide bonds. The molecule has 0 spiro atoms. The Hall–Kier alpha value is -2.82. The van der Waals surface area contributed by atoms with Crippen LogP contribution in [0.2, 0.25) is 0 Å². The Morgan fingerprint density at radius 2 is 1.96 bits per heavy atom. The van der Waals surface area contributed by atoms with Crippen molar-refractivity contribution in [3.63, 3.8) is 0 Å². The van der Waals surface area contributed by atoms with Crippen molar-refractivity contribution in [3.8, 4) is 0 Å². The van der Waals surface area contributed by atoms with Crippen molar-refractivity contribution in [1.82, 2.24) is 24.8 Å². The first kappa shape index (κ1) is 19.5. The zero-order valence-electron chi connectivity index (χ0n) is 16.1. The van der Waals surface area contributed by atoms with Crippen LogP contribution in [0.1, 0.15) is 19.8 Å². The summed E-state index contributed by atoms with van der Waals surface area (Å²) in [6.07, 6.45) is 9.86. The first-order valence-corrected chi connectivity index (χ1v) is 9.00. The molecule has 0 fully saturated rings. The van der Waals surface area contributed by atoms with E-state index in [4.69, 9.17) is 0 Å². The predicted molar refractivity (Wildman–Crippen MR) is 110 cm³/mol. The molecule has 0 saturated carbocycles. The summed E-state index contributed by atoms with van der Waals surface area (Å²) in [5.41, 5.74) is 2.78. The quantitative estimate of drug-likeness (QED) is 0.476. The Morgan fingerprint density at radius 1 is 1.19 bits per heavy atom. The van der Waals surface area contributed by atoms with Crippen LogP contribution in [0.25, 0.3) is 16.7 Å². The number of hydrogen-bond donors (Lipinski definition) is 0. The van der Waals surface area contributed by atoms with Crippen molar-refractivity contribution < 1.29 is 0 Å². The summed E-state index contributed by atoms with van der Waals surface area (Å²) in [5.74, 6) is 1.13. The van der Waals surface area contributed by atoms with E-state index in [1.807, 2.05) is 41.1 Å². The van der Waals surface area contributed by atoms with Gasteiger partial charge in [-0.15, -0.1) is 11.7 Å². The largest absolute Gasteiger partial charge is 0.364 e. The second-order valence-electron chi connectivity index (χ2n) is 6.28. The highest BCUT2D eigenvalue weighted by molar-refractivity contribution is 5.79. The molecule has 0 saturated heterocycles. The average molecular weight is 351 g/mol. The van der Waals surface area contributed by atoms with Gasteiger partial charge in [0.25, 0.3) is 0 Å². The fraction of sp³-hybridized carbons (Fsp3) is 0.333. The number of hydrogen-bond acceptors (Lipinski definition) is 4. The van der Waals surface area contributed by atoms with Crippen LogP contribution in [0.15, 0.2) is 67.5 Å². The van der Waals surface area contributed by atoms with E-state index in [0.29, 0.717) is 0 Å². The lowest BCUT2D eigenvalue weighted by Crippen LogP contribution is -2.33. The fourth-order valence-corrected chi connectivity index (χ4v) is 2.85. The molecule has 0 unspecified atom stereocenters. The van der Waals surface area contributed by atoms with E-state index in [1.54, 1.807) is 6.08 Å². The summed E-state index contributed by atoms with van der Waals surface area (Å²) < 4.78 is 1.86. The van der Waals surface area contributed by atoms with Crippen LogP contribution in [-0.4, -0.2) is 52.0 Å². The number of allylic oxidation sites excluding steroid dienone is 4. The van der Waals surface area contributed by atoms with E-state index in [0.717, 1.165) is 48.5 Å². The Morgan fingerprint density at radius 3 is 2.62 bits per heavy atom. The maximum Gasteiger partial charge on any atom is 0.113 e.